The second kappa shape index (κ2) is 9.12. The highest BCUT2D eigenvalue weighted by molar-refractivity contribution is 8.00. The summed E-state index contributed by atoms with van der Waals surface area (Å²) < 4.78 is 12.8. The van der Waals surface area contributed by atoms with E-state index in [2.05, 4.69) is 15.0 Å². The molecule has 0 saturated heterocycles. The number of anilines is 1. The molecule has 0 saturated carbocycles. The second-order valence-corrected chi connectivity index (χ2v) is 7.10. The molecule has 6 nitrogen and oxygen atoms in total. The molecule has 9 heteroatoms. The fraction of sp³-hybridized carbons (Fsp3) is 0.167. The molecule has 0 atom stereocenters. The highest BCUT2D eigenvalue weighted by atomic mass is 35.5. The van der Waals surface area contributed by atoms with E-state index in [0.29, 0.717) is 22.6 Å². The predicted octanol–water partition coefficient (Wildman–Crippen LogP) is 4.91. The van der Waals surface area contributed by atoms with E-state index in [0.717, 1.165) is 22.0 Å². The Balaban J connectivity index is 1.94. The van der Waals surface area contributed by atoms with Crippen LogP contribution in [0, 0.1) is 0 Å². The summed E-state index contributed by atoms with van der Waals surface area (Å²) in [5, 5.41) is 0.669. The maximum absolute atomic E-state index is 6.25. The largest absolute Gasteiger partial charge is 0.497 e. The summed E-state index contributed by atoms with van der Waals surface area (Å²) in [7, 11) is 3.24. The van der Waals surface area contributed by atoms with Gasteiger partial charge in [0.2, 0.25) is 0 Å². The first kappa shape index (κ1) is 19.5. The molecule has 3 aromatic rings. The number of hydrogen-bond acceptors (Lipinski definition) is 7. The Bertz CT molecular complexity index is 915. The molecule has 0 amide bonds. The molecule has 0 radical (unpaired) electrons. The molecule has 0 spiro atoms. The summed E-state index contributed by atoms with van der Waals surface area (Å²) in [6, 6.07) is 11.0. The van der Waals surface area contributed by atoms with Gasteiger partial charge in [0.15, 0.2) is 0 Å². The van der Waals surface area contributed by atoms with Crippen LogP contribution in [0.5, 0.6) is 11.5 Å². The Kier molecular flexibility index (Phi) is 6.60. The first-order chi connectivity index (χ1) is 13.1. The van der Waals surface area contributed by atoms with Gasteiger partial charge in [-0.25, -0.2) is 15.0 Å². The fourth-order valence-electron chi connectivity index (χ4n) is 2.31. The molecule has 2 aromatic heterocycles. The molecule has 27 heavy (non-hydrogen) atoms. The van der Waals surface area contributed by atoms with Crippen molar-refractivity contribution < 1.29 is 9.47 Å². The standard InChI is InChI=1S/C18H16Cl2N4O2S/c1-25-13-4-3-12(14(9-13)26-2)10-24(17-7-8-21-11-22-17)27-15-5-6-16(19)23-18(15)20/h3-9,11H,10H2,1-2H3. The zero-order valence-corrected chi connectivity index (χ0v) is 16.9. The van der Waals surface area contributed by atoms with Crippen molar-refractivity contribution in [1.82, 2.24) is 15.0 Å². The van der Waals surface area contributed by atoms with Crippen LogP contribution in [0.4, 0.5) is 5.82 Å². The van der Waals surface area contributed by atoms with E-state index < -0.39 is 0 Å². The van der Waals surface area contributed by atoms with Crippen molar-refractivity contribution in [3.05, 3.63) is 64.8 Å². The second-order valence-electron chi connectivity index (χ2n) is 5.30. The van der Waals surface area contributed by atoms with Crippen molar-refractivity contribution >= 4 is 41.0 Å². The van der Waals surface area contributed by atoms with Crippen LogP contribution >= 0.6 is 35.1 Å². The van der Waals surface area contributed by atoms with Gasteiger partial charge in [0, 0.05) is 17.8 Å². The molecule has 0 aliphatic carbocycles. The summed E-state index contributed by atoms with van der Waals surface area (Å²) in [5.74, 6) is 2.16. The lowest BCUT2D eigenvalue weighted by Gasteiger charge is -2.23. The first-order valence-electron chi connectivity index (χ1n) is 7.85. The Morgan fingerprint density at radius 3 is 2.59 bits per heavy atom. The molecule has 0 aliphatic rings. The lowest BCUT2D eigenvalue weighted by Crippen LogP contribution is -2.16. The van der Waals surface area contributed by atoms with Crippen LogP contribution in [0.15, 0.2) is 53.8 Å². The minimum Gasteiger partial charge on any atom is -0.497 e. The van der Waals surface area contributed by atoms with Crippen molar-refractivity contribution in [2.75, 3.05) is 18.5 Å². The van der Waals surface area contributed by atoms with Crippen molar-refractivity contribution in [3.8, 4) is 11.5 Å². The Morgan fingerprint density at radius 2 is 1.93 bits per heavy atom. The van der Waals surface area contributed by atoms with Crippen LogP contribution in [0.25, 0.3) is 0 Å². The van der Waals surface area contributed by atoms with Crippen LogP contribution in [-0.4, -0.2) is 29.2 Å². The maximum Gasteiger partial charge on any atom is 0.146 e. The third-order valence-corrected chi connectivity index (χ3v) is 5.29. The molecule has 3 rings (SSSR count). The normalized spacial score (nSPS) is 10.5. The number of ether oxygens (including phenoxy) is 2. The Morgan fingerprint density at radius 1 is 1.07 bits per heavy atom. The molecular weight excluding hydrogens is 407 g/mol. The number of pyridine rings is 1. The zero-order valence-electron chi connectivity index (χ0n) is 14.6. The average Bonchev–Trinajstić information content (AvgIpc) is 2.70. The number of methoxy groups -OCH3 is 2. The third-order valence-electron chi connectivity index (χ3n) is 3.62. The van der Waals surface area contributed by atoms with E-state index in [4.69, 9.17) is 32.7 Å². The molecule has 140 valence electrons. The number of nitrogens with zero attached hydrogens (tertiary/aromatic N) is 4. The van der Waals surface area contributed by atoms with Crippen LogP contribution < -0.4 is 13.8 Å². The molecule has 1 aromatic carbocycles. The first-order valence-corrected chi connectivity index (χ1v) is 9.38. The third kappa shape index (κ3) is 4.94. The van der Waals surface area contributed by atoms with E-state index in [-0.39, 0.29) is 0 Å². The lowest BCUT2D eigenvalue weighted by atomic mass is 10.2. The Labute approximate surface area is 171 Å². The SMILES string of the molecule is COc1ccc(CN(Sc2ccc(Cl)nc2Cl)c2ccncn2)c(OC)c1. The van der Waals surface area contributed by atoms with Gasteiger partial charge in [-0.2, -0.15) is 0 Å². The number of rotatable bonds is 7. The fourth-order valence-corrected chi connectivity index (χ4v) is 3.66. The molecule has 0 aliphatic heterocycles. The van der Waals surface area contributed by atoms with Gasteiger partial charge in [0.25, 0.3) is 0 Å². The van der Waals surface area contributed by atoms with Crippen LogP contribution in [-0.2, 0) is 6.54 Å². The average molecular weight is 423 g/mol. The molecule has 0 bridgehead atoms. The molecule has 0 N–H and O–H groups in total. The monoisotopic (exact) mass is 422 g/mol. The summed E-state index contributed by atoms with van der Waals surface area (Å²) in [4.78, 5) is 13.2. The van der Waals surface area contributed by atoms with Crippen LogP contribution in [0.2, 0.25) is 10.3 Å². The Hall–Kier alpha value is -2.22. The van der Waals surface area contributed by atoms with Crippen molar-refractivity contribution in [2.24, 2.45) is 0 Å². The number of benzene rings is 1. The quantitative estimate of drug-likeness (QED) is 0.395. The smallest absolute Gasteiger partial charge is 0.146 e. The van der Waals surface area contributed by atoms with Gasteiger partial charge < -0.3 is 9.47 Å². The molecule has 2 heterocycles. The van der Waals surface area contributed by atoms with E-state index in [1.54, 1.807) is 26.5 Å². The van der Waals surface area contributed by atoms with Gasteiger partial charge in [-0.3, -0.25) is 4.31 Å². The van der Waals surface area contributed by atoms with Gasteiger partial charge in [0.05, 0.1) is 25.7 Å². The van der Waals surface area contributed by atoms with Gasteiger partial charge in [-0.1, -0.05) is 23.2 Å². The van der Waals surface area contributed by atoms with Crippen molar-refractivity contribution in [3.63, 3.8) is 0 Å². The van der Waals surface area contributed by atoms with Crippen LogP contribution in [0.1, 0.15) is 5.56 Å². The van der Waals surface area contributed by atoms with Gasteiger partial charge in [-0.05, 0) is 42.3 Å². The maximum atomic E-state index is 6.25. The number of hydrogen-bond donors (Lipinski definition) is 0. The van der Waals surface area contributed by atoms with E-state index in [1.165, 1.54) is 18.3 Å². The minimum absolute atomic E-state index is 0.327. The highest BCUT2D eigenvalue weighted by Gasteiger charge is 2.16. The minimum atomic E-state index is 0.327. The summed E-state index contributed by atoms with van der Waals surface area (Å²) >= 11 is 13.6. The van der Waals surface area contributed by atoms with E-state index >= 15 is 0 Å². The van der Waals surface area contributed by atoms with Gasteiger partial charge in [0.1, 0.15) is 34.0 Å². The number of halogens is 2. The van der Waals surface area contributed by atoms with E-state index in [1.807, 2.05) is 34.6 Å². The predicted molar refractivity (Wildman–Crippen MR) is 108 cm³/mol. The highest BCUT2D eigenvalue weighted by Crippen LogP contribution is 2.35. The summed E-state index contributed by atoms with van der Waals surface area (Å²) in [6.07, 6.45) is 3.18. The summed E-state index contributed by atoms with van der Waals surface area (Å²) in [6.45, 7) is 0.508. The van der Waals surface area contributed by atoms with E-state index in [9.17, 15) is 0 Å². The van der Waals surface area contributed by atoms with Gasteiger partial charge >= 0.3 is 0 Å². The van der Waals surface area contributed by atoms with Crippen molar-refractivity contribution in [2.45, 2.75) is 11.4 Å². The summed E-state index contributed by atoms with van der Waals surface area (Å²) in [5.41, 5.74) is 0.961. The zero-order chi connectivity index (χ0) is 19.2. The lowest BCUT2D eigenvalue weighted by molar-refractivity contribution is 0.391. The number of aromatic nitrogens is 3. The van der Waals surface area contributed by atoms with Crippen molar-refractivity contribution in [1.29, 1.82) is 0 Å². The molecular formula is C18H16Cl2N4O2S. The topological polar surface area (TPSA) is 60.4 Å². The molecule has 0 unspecified atom stereocenters. The van der Waals surface area contributed by atoms with Crippen LogP contribution in [0.3, 0.4) is 0 Å². The molecule has 0 fully saturated rings. The van der Waals surface area contributed by atoms with Gasteiger partial charge in [-0.15, -0.1) is 0 Å².